The van der Waals surface area contributed by atoms with Crippen LogP contribution in [0.3, 0.4) is 0 Å². The molecule has 1 aromatic heterocycles. The lowest BCUT2D eigenvalue weighted by Gasteiger charge is -2.36. The van der Waals surface area contributed by atoms with Crippen LogP contribution in [0.5, 0.6) is 0 Å². The molecule has 5 nitrogen and oxygen atoms in total. The molecule has 0 radical (unpaired) electrons. The molecule has 0 amide bonds. The van der Waals surface area contributed by atoms with E-state index < -0.39 is 10.0 Å². The van der Waals surface area contributed by atoms with Crippen LogP contribution in [0, 0.1) is 24.3 Å². The van der Waals surface area contributed by atoms with Crippen LogP contribution in [0.25, 0.3) is 11.3 Å². The monoisotopic (exact) mass is 549 g/mol. The minimum atomic E-state index is -3.68. The van der Waals surface area contributed by atoms with Crippen molar-refractivity contribution in [3.63, 3.8) is 0 Å². The van der Waals surface area contributed by atoms with E-state index in [1.165, 1.54) is 20.8 Å². The van der Waals surface area contributed by atoms with Crippen LogP contribution in [-0.2, 0) is 10.0 Å². The summed E-state index contributed by atoms with van der Waals surface area (Å²) in [6.45, 7) is 10.3. The number of nitrogens with zero attached hydrogens (tertiary/aromatic N) is 3. The second kappa shape index (κ2) is 8.60. The van der Waals surface area contributed by atoms with Gasteiger partial charge in [0.2, 0.25) is 0 Å². The number of likely N-dealkylation sites (N-methyl/N-ethyl adjacent to an activating group) is 1. The minimum absolute atomic E-state index is 0.300. The van der Waals surface area contributed by atoms with Gasteiger partial charge in [0.15, 0.2) is 0 Å². The second-order valence-corrected chi connectivity index (χ2v) is 11.5. The molecule has 1 saturated heterocycles. The van der Waals surface area contributed by atoms with Gasteiger partial charge < -0.3 is 9.80 Å². The zero-order valence-electron chi connectivity index (χ0n) is 18.4. The van der Waals surface area contributed by atoms with Crippen LogP contribution in [0.4, 0.5) is 5.69 Å². The molecule has 1 fully saturated rings. The standard InChI is InChI=1S/C24H28IN3O2S/c1-17-5-7-22(8-6-17)31(29,30)28-16-21(25)15-23(28)20-13-18(2)24(19(3)14-20)27-11-9-26(4)10-12-27/h5-8,13-16H,9-12H2,1-4H3. The van der Waals surface area contributed by atoms with Crippen LogP contribution in [-0.4, -0.2) is 50.5 Å². The maximum absolute atomic E-state index is 13.4. The highest BCUT2D eigenvalue weighted by Gasteiger charge is 2.23. The summed E-state index contributed by atoms with van der Waals surface area (Å²) in [5, 5.41) is 0. The lowest BCUT2D eigenvalue weighted by molar-refractivity contribution is 0.312. The van der Waals surface area contributed by atoms with Crippen LogP contribution >= 0.6 is 22.6 Å². The van der Waals surface area contributed by atoms with Crippen molar-refractivity contribution in [1.29, 1.82) is 0 Å². The maximum Gasteiger partial charge on any atom is 0.268 e. The molecule has 3 aromatic rings. The van der Waals surface area contributed by atoms with Crippen molar-refractivity contribution in [2.45, 2.75) is 25.7 Å². The molecular formula is C24H28IN3O2S. The van der Waals surface area contributed by atoms with Crippen LogP contribution in [0.2, 0.25) is 0 Å². The Morgan fingerprint density at radius 3 is 2.03 bits per heavy atom. The smallest absolute Gasteiger partial charge is 0.268 e. The average molecular weight is 549 g/mol. The van der Waals surface area contributed by atoms with Gasteiger partial charge in [0.05, 0.1) is 10.6 Å². The Labute approximate surface area is 198 Å². The van der Waals surface area contributed by atoms with Gasteiger partial charge in [-0.05, 0) is 97.4 Å². The Kier molecular flexibility index (Phi) is 6.20. The first-order valence-electron chi connectivity index (χ1n) is 10.4. The third-order valence-corrected chi connectivity index (χ3v) is 8.21. The quantitative estimate of drug-likeness (QED) is 0.444. The van der Waals surface area contributed by atoms with Gasteiger partial charge in [-0.1, -0.05) is 17.7 Å². The Bertz CT molecular complexity index is 1190. The summed E-state index contributed by atoms with van der Waals surface area (Å²) in [4.78, 5) is 5.09. The Morgan fingerprint density at radius 2 is 1.45 bits per heavy atom. The Hall–Kier alpha value is -1.84. The fourth-order valence-corrected chi connectivity index (χ4v) is 6.42. The molecule has 0 unspecified atom stereocenters. The molecule has 0 saturated carbocycles. The van der Waals surface area contributed by atoms with Crippen molar-refractivity contribution in [3.05, 3.63) is 68.9 Å². The molecule has 1 aliphatic heterocycles. The van der Waals surface area contributed by atoms with Crippen molar-refractivity contribution < 1.29 is 8.42 Å². The molecule has 4 rings (SSSR count). The second-order valence-electron chi connectivity index (χ2n) is 8.41. The molecule has 7 heteroatoms. The normalized spacial score (nSPS) is 15.5. The average Bonchev–Trinajstić information content (AvgIpc) is 3.12. The molecule has 2 aromatic carbocycles. The summed E-state index contributed by atoms with van der Waals surface area (Å²) >= 11 is 2.18. The summed E-state index contributed by atoms with van der Waals surface area (Å²) < 4.78 is 29.1. The molecule has 0 N–H and O–H groups in total. The van der Waals surface area contributed by atoms with Crippen LogP contribution in [0.15, 0.2) is 53.6 Å². The topological polar surface area (TPSA) is 45.6 Å². The number of rotatable bonds is 4. The molecule has 164 valence electrons. The predicted molar refractivity (Wildman–Crippen MR) is 136 cm³/mol. The number of benzene rings is 2. The van der Waals surface area contributed by atoms with Crippen LogP contribution in [0.1, 0.15) is 16.7 Å². The summed E-state index contributed by atoms with van der Waals surface area (Å²) in [6.07, 6.45) is 1.70. The van der Waals surface area contributed by atoms with Gasteiger partial charge in [-0.3, -0.25) is 0 Å². The number of anilines is 1. The number of aryl methyl sites for hydroxylation is 3. The largest absolute Gasteiger partial charge is 0.369 e. The van der Waals surface area contributed by atoms with Crippen LogP contribution < -0.4 is 4.90 Å². The molecule has 1 aliphatic rings. The van der Waals surface area contributed by atoms with Gasteiger partial charge in [0.25, 0.3) is 10.0 Å². The number of aromatic nitrogens is 1. The number of piperazine rings is 1. The first kappa shape index (κ1) is 22.4. The Morgan fingerprint density at radius 1 is 0.871 bits per heavy atom. The number of hydrogen-bond donors (Lipinski definition) is 0. The van der Waals surface area contributed by atoms with Crippen molar-refractivity contribution in [3.8, 4) is 11.3 Å². The molecule has 0 bridgehead atoms. The van der Waals surface area contributed by atoms with E-state index >= 15 is 0 Å². The molecular weight excluding hydrogens is 521 g/mol. The minimum Gasteiger partial charge on any atom is -0.369 e. The highest BCUT2D eigenvalue weighted by atomic mass is 127. The van der Waals surface area contributed by atoms with E-state index in [-0.39, 0.29) is 0 Å². The van der Waals surface area contributed by atoms with E-state index in [0.29, 0.717) is 10.6 Å². The van der Waals surface area contributed by atoms with Gasteiger partial charge in [0.1, 0.15) is 0 Å². The van der Waals surface area contributed by atoms with Crippen molar-refractivity contribution in [1.82, 2.24) is 8.87 Å². The van der Waals surface area contributed by atoms with Gasteiger partial charge >= 0.3 is 0 Å². The molecule has 31 heavy (non-hydrogen) atoms. The van der Waals surface area contributed by atoms with E-state index in [2.05, 4.69) is 65.4 Å². The highest BCUT2D eigenvalue weighted by molar-refractivity contribution is 14.1. The van der Waals surface area contributed by atoms with E-state index in [1.807, 2.05) is 25.1 Å². The molecule has 2 heterocycles. The lowest BCUT2D eigenvalue weighted by atomic mass is 10.0. The SMILES string of the molecule is Cc1ccc(S(=O)(=O)n2cc(I)cc2-c2cc(C)c(N3CCN(C)CC3)c(C)c2)cc1. The van der Waals surface area contributed by atoms with Crippen molar-refractivity contribution in [2.75, 3.05) is 38.1 Å². The summed E-state index contributed by atoms with van der Waals surface area (Å²) in [5.74, 6) is 0. The van der Waals surface area contributed by atoms with E-state index in [1.54, 1.807) is 18.3 Å². The van der Waals surface area contributed by atoms with Gasteiger partial charge in [-0.25, -0.2) is 12.4 Å². The predicted octanol–water partition coefficient (Wildman–Crippen LogP) is 4.67. The first-order valence-corrected chi connectivity index (χ1v) is 12.9. The molecule has 0 atom stereocenters. The van der Waals surface area contributed by atoms with E-state index in [0.717, 1.165) is 40.9 Å². The van der Waals surface area contributed by atoms with E-state index in [9.17, 15) is 8.42 Å². The summed E-state index contributed by atoms with van der Waals surface area (Å²) in [7, 11) is -1.52. The first-order chi connectivity index (χ1) is 14.7. The highest BCUT2D eigenvalue weighted by Crippen LogP contribution is 2.34. The zero-order chi connectivity index (χ0) is 22.3. The lowest BCUT2D eigenvalue weighted by Crippen LogP contribution is -2.45. The van der Waals surface area contributed by atoms with E-state index in [4.69, 9.17) is 0 Å². The zero-order valence-corrected chi connectivity index (χ0v) is 21.4. The fourth-order valence-electron chi connectivity index (χ4n) is 4.28. The van der Waals surface area contributed by atoms with Gasteiger partial charge in [0, 0.05) is 41.6 Å². The van der Waals surface area contributed by atoms with Gasteiger partial charge in [-0.15, -0.1) is 0 Å². The molecule has 0 aliphatic carbocycles. The third kappa shape index (κ3) is 4.40. The van der Waals surface area contributed by atoms with Gasteiger partial charge in [-0.2, -0.15) is 0 Å². The summed E-state index contributed by atoms with van der Waals surface area (Å²) in [6, 6.07) is 13.2. The number of halogens is 1. The maximum atomic E-state index is 13.4. The fraction of sp³-hybridized carbons (Fsp3) is 0.333. The summed E-state index contributed by atoms with van der Waals surface area (Å²) in [5.41, 5.74) is 6.27. The van der Waals surface area contributed by atoms with Crippen molar-refractivity contribution >= 4 is 38.3 Å². The number of hydrogen-bond acceptors (Lipinski definition) is 4. The molecule has 0 spiro atoms. The van der Waals surface area contributed by atoms with Crippen molar-refractivity contribution in [2.24, 2.45) is 0 Å². The third-order valence-electron chi connectivity index (χ3n) is 5.94. The Balaban J connectivity index is 1.77.